The molecule has 0 saturated heterocycles. The fourth-order valence-electron chi connectivity index (χ4n) is 3.82. The fraction of sp³-hybridized carbons (Fsp3) is 0.304. The van der Waals surface area contributed by atoms with Crippen molar-refractivity contribution in [1.29, 1.82) is 5.26 Å². The summed E-state index contributed by atoms with van der Waals surface area (Å²) >= 11 is 6.38. The van der Waals surface area contributed by atoms with E-state index in [0.29, 0.717) is 23.0 Å². The number of nitrogens with zero attached hydrogens (tertiary/aromatic N) is 1. The van der Waals surface area contributed by atoms with Crippen molar-refractivity contribution in [1.82, 2.24) is 10.3 Å². The highest BCUT2D eigenvalue weighted by Gasteiger charge is 2.38. The summed E-state index contributed by atoms with van der Waals surface area (Å²) in [5, 5.41) is 13.0. The molecule has 32 heavy (non-hydrogen) atoms. The van der Waals surface area contributed by atoms with Gasteiger partial charge >= 0.3 is 0 Å². The van der Waals surface area contributed by atoms with Crippen molar-refractivity contribution in [3.63, 3.8) is 0 Å². The van der Waals surface area contributed by atoms with E-state index < -0.39 is 15.4 Å². The van der Waals surface area contributed by atoms with Gasteiger partial charge in [0.25, 0.3) is 15.9 Å². The molecule has 1 heterocycles. The number of carbonyl (C=O) groups excluding carboxylic acids is 1. The number of anilines is 1. The third-order valence-electron chi connectivity index (χ3n) is 5.63. The van der Waals surface area contributed by atoms with Crippen LogP contribution in [0.3, 0.4) is 0 Å². The van der Waals surface area contributed by atoms with Gasteiger partial charge in [0.2, 0.25) is 0 Å². The standard InChI is InChI=1S/C23H25ClN4O3S/c1-15-17(8-11-19(24)21(15)23(2,3)14-25)13-27-22(29)16-6-9-18(10-7-16)32(30,31)28-20-5-4-12-26-20/h4-12,15,21,26,28H,13H2,1-3H3,(H,27,29). The molecule has 3 N–H and O–H groups in total. The Hall–Kier alpha value is -3.02. The van der Waals surface area contributed by atoms with Crippen molar-refractivity contribution in [2.24, 2.45) is 17.3 Å². The molecular weight excluding hydrogens is 448 g/mol. The van der Waals surface area contributed by atoms with Crippen molar-refractivity contribution in [2.75, 3.05) is 11.3 Å². The molecule has 1 aromatic carbocycles. The number of nitriles is 1. The summed E-state index contributed by atoms with van der Waals surface area (Å²) in [6.45, 7) is 6.00. The van der Waals surface area contributed by atoms with Gasteiger partial charge in [0, 0.05) is 29.3 Å². The van der Waals surface area contributed by atoms with Crippen molar-refractivity contribution in [3.05, 3.63) is 70.9 Å². The topological polar surface area (TPSA) is 115 Å². The van der Waals surface area contributed by atoms with E-state index >= 15 is 0 Å². The first-order chi connectivity index (χ1) is 15.0. The lowest BCUT2D eigenvalue weighted by Crippen LogP contribution is -2.35. The molecule has 7 nitrogen and oxygen atoms in total. The number of allylic oxidation sites excluding steroid dienone is 3. The molecule has 0 bridgehead atoms. The first-order valence-electron chi connectivity index (χ1n) is 10.1. The molecular formula is C23H25ClN4O3S. The SMILES string of the molecule is CC1C(CNC(=O)c2ccc(S(=O)(=O)Nc3ccc[nH]3)cc2)=CC=C(Cl)C1C(C)(C)C#N. The van der Waals surface area contributed by atoms with Crippen LogP contribution in [0, 0.1) is 28.6 Å². The minimum atomic E-state index is -3.76. The molecule has 2 aromatic rings. The summed E-state index contributed by atoms with van der Waals surface area (Å²) < 4.78 is 27.3. The van der Waals surface area contributed by atoms with Crippen molar-refractivity contribution in [3.8, 4) is 6.07 Å². The molecule has 1 aliphatic rings. The van der Waals surface area contributed by atoms with Gasteiger partial charge in [-0.05, 0) is 67.8 Å². The number of hydrogen-bond donors (Lipinski definition) is 3. The second-order valence-electron chi connectivity index (χ2n) is 8.29. The van der Waals surface area contributed by atoms with E-state index in [0.717, 1.165) is 5.57 Å². The number of halogens is 1. The van der Waals surface area contributed by atoms with E-state index in [9.17, 15) is 18.5 Å². The van der Waals surface area contributed by atoms with Crippen LogP contribution in [-0.4, -0.2) is 25.9 Å². The van der Waals surface area contributed by atoms with Crippen LogP contribution in [0.15, 0.2) is 70.2 Å². The smallest absolute Gasteiger partial charge is 0.262 e. The first-order valence-corrected chi connectivity index (χ1v) is 11.9. The number of aromatic nitrogens is 1. The molecule has 0 spiro atoms. The van der Waals surface area contributed by atoms with Gasteiger partial charge in [-0.3, -0.25) is 9.52 Å². The van der Waals surface area contributed by atoms with Crippen LogP contribution >= 0.6 is 11.6 Å². The maximum Gasteiger partial charge on any atom is 0.262 e. The van der Waals surface area contributed by atoms with Crippen LogP contribution in [0.5, 0.6) is 0 Å². The minimum absolute atomic E-state index is 0.0194. The number of nitrogens with one attached hydrogen (secondary N) is 3. The number of sulfonamides is 1. The molecule has 1 aromatic heterocycles. The minimum Gasteiger partial charge on any atom is -0.348 e. The molecule has 168 valence electrons. The third-order valence-corrected chi connectivity index (χ3v) is 7.37. The van der Waals surface area contributed by atoms with Gasteiger partial charge in [-0.25, -0.2) is 8.42 Å². The number of carbonyl (C=O) groups is 1. The number of hydrogen-bond acceptors (Lipinski definition) is 4. The number of rotatable bonds is 7. The maximum absolute atomic E-state index is 12.6. The average Bonchev–Trinajstić information content (AvgIpc) is 3.25. The van der Waals surface area contributed by atoms with E-state index in [4.69, 9.17) is 11.6 Å². The Morgan fingerprint density at radius 3 is 2.50 bits per heavy atom. The lowest BCUT2D eigenvalue weighted by Gasteiger charge is -2.36. The van der Waals surface area contributed by atoms with Crippen LogP contribution < -0.4 is 10.0 Å². The Morgan fingerprint density at radius 1 is 1.22 bits per heavy atom. The average molecular weight is 473 g/mol. The second-order valence-corrected chi connectivity index (χ2v) is 10.4. The van der Waals surface area contributed by atoms with Crippen molar-refractivity contribution in [2.45, 2.75) is 25.7 Å². The van der Waals surface area contributed by atoms with Crippen molar-refractivity contribution >= 4 is 33.3 Å². The summed E-state index contributed by atoms with van der Waals surface area (Å²) in [5.41, 5.74) is 0.659. The summed E-state index contributed by atoms with van der Waals surface area (Å²) in [6, 6.07) is 11.3. The van der Waals surface area contributed by atoms with Crippen LogP contribution in [0.1, 0.15) is 31.1 Å². The third kappa shape index (κ3) is 5.06. The van der Waals surface area contributed by atoms with Crippen LogP contribution in [-0.2, 0) is 10.0 Å². The molecule has 1 aliphatic carbocycles. The zero-order valence-electron chi connectivity index (χ0n) is 18.0. The van der Waals surface area contributed by atoms with Gasteiger partial charge in [-0.2, -0.15) is 5.26 Å². The number of aromatic amines is 1. The largest absolute Gasteiger partial charge is 0.348 e. The number of amides is 1. The van der Waals surface area contributed by atoms with Gasteiger partial charge in [0.05, 0.1) is 16.4 Å². The van der Waals surface area contributed by atoms with Gasteiger partial charge in [0.1, 0.15) is 5.82 Å². The van der Waals surface area contributed by atoms with E-state index in [-0.39, 0.29) is 22.6 Å². The highest BCUT2D eigenvalue weighted by atomic mass is 35.5. The van der Waals surface area contributed by atoms with Crippen LogP contribution in [0.25, 0.3) is 0 Å². The Balaban J connectivity index is 1.66. The van der Waals surface area contributed by atoms with E-state index in [1.807, 2.05) is 26.8 Å². The second kappa shape index (κ2) is 9.23. The van der Waals surface area contributed by atoms with Gasteiger partial charge in [-0.15, -0.1) is 0 Å². The monoisotopic (exact) mass is 472 g/mol. The normalized spacial score (nSPS) is 18.8. The summed E-state index contributed by atoms with van der Waals surface area (Å²) in [4.78, 5) is 15.4. The highest BCUT2D eigenvalue weighted by molar-refractivity contribution is 7.92. The fourth-order valence-corrected chi connectivity index (χ4v) is 5.38. The Bertz CT molecular complexity index is 1190. The zero-order valence-corrected chi connectivity index (χ0v) is 19.6. The molecule has 0 aliphatic heterocycles. The molecule has 2 atom stereocenters. The van der Waals surface area contributed by atoms with Crippen LogP contribution in [0.4, 0.5) is 5.82 Å². The van der Waals surface area contributed by atoms with E-state index in [1.165, 1.54) is 24.3 Å². The Morgan fingerprint density at radius 2 is 1.91 bits per heavy atom. The lowest BCUT2D eigenvalue weighted by molar-refractivity contribution is 0.0955. The molecule has 0 fully saturated rings. The molecule has 3 rings (SSSR count). The maximum atomic E-state index is 12.6. The lowest BCUT2D eigenvalue weighted by atomic mass is 9.69. The predicted octanol–water partition coefficient (Wildman–Crippen LogP) is 4.41. The molecule has 2 unspecified atom stereocenters. The highest BCUT2D eigenvalue weighted by Crippen LogP contribution is 2.44. The molecule has 0 radical (unpaired) electrons. The first kappa shape index (κ1) is 23.6. The van der Waals surface area contributed by atoms with Crippen LogP contribution in [0.2, 0.25) is 0 Å². The Labute approximate surface area is 193 Å². The quantitative estimate of drug-likeness (QED) is 0.553. The van der Waals surface area contributed by atoms with Gasteiger partial charge in [-0.1, -0.05) is 24.6 Å². The summed E-state index contributed by atoms with van der Waals surface area (Å²) in [5.74, 6) is -0.151. The summed E-state index contributed by atoms with van der Waals surface area (Å²) in [6.07, 6.45) is 5.27. The predicted molar refractivity (Wildman–Crippen MR) is 124 cm³/mol. The van der Waals surface area contributed by atoms with Gasteiger partial charge in [0.15, 0.2) is 0 Å². The summed E-state index contributed by atoms with van der Waals surface area (Å²) in [7, 11) is -3.76. The molecule has 0 saturated carbocycles. The van der Waals surface area contributed by atoms with Gasteiger partial charge < -0.3 is 10.3 Å². The zero-order chi connectivity index (χ0) is 23.5. The molecule has 1 amide bonds. The number of H-pyrrole nitrogens is 1. The molecule has 9 heteroatoms. The van der Waals surface area contributed by atoms with E-state index in [1.54, 1.807) is 24.4 Å². The van der Waals surface area contributed by atoms with Crippen molar-refractivity contribution < 1.29 is 13.2 Å². The Kier molecular flexibility index (Phi) is 6.82. The van der Waals surface area contributed by atoms with E-state index in [2.05, 4.69) is 21.1 Å². The number of benzene rings is 1.